The summed E-state index contributed by atoms with van der Waals surface area (Å²) < 4.78 is 0. The summed E-state index contributed by atoms with van der Waals surface area (Å²) in [6.45, 7) is 2.79. The first-order valence-electron chi connectivity index (χ1n) is 6.46. The van der Waals surface area contributed by atoms with Gasteiger partial charge in [-0.2, -0.15) is 0 Å². The summed E-state index contributed by atoms with van der Waals surface area (Å²) >= 11 is 0. The van der Waals surface area contributed by atoms with E-state index in [0.717, 1.165) is 16.7 Å². The molecule has 0 atom stereocenters. The Balaban J connectivity index is 2.02. The van der Waals surface area contributed by atoms with Crippen molar-refractivity contribution in [2.45, 2.75) is 20.0 Å². The molecule has 0 aromatic heterocycles. The maximum Gasteiger partial charge on any atom is 0.255 e. The van der Waals surface area contributed by atoms with Crippen molar-refractivity contribution in [2.24, 2.45) is 5.73 Å². The number of amides is 1. The van der Waals surface area contributed by atoms with Gasteiger partial charge in [0.1, 0.15) is 5.75 Å². The lowest BCUT2D eigenvalue weighted by molar-refractivity contribution is 0.0948. The molecule has 0 radical (unpaired) electrons. The van der Waals surface area contributed by atoms with Gasteiger partial charge in [0.05, 0.1) is 5.56 Å². The minimum Gasteiger partial charge on any atom is -0.507 e. The SMILES string of the molecule is Cc1ccc(O)c(C(=O)NCc2ccc(CN)cc2)c1. The second-order valence-electron chi connectivity index (χ2n) is 4.72. The lowest BCUT2D eigenvalue weighted by Gasteiger charge is -2.08. The molecule has 0 aliphatic heterocycles. The molecule has 0 bridgehead atoms. The fourth-order valence-corrected chi connectivity index (χ4v) is 1.90. The molecule has 2 rings (SSSR count). The number of hydrogen-bond donors (Lipinski definition) is 3. The quantitative estimate of drug-likeness (QED) is 0.796. The molecule has 0 aliphatic rings. The predicted octanol–water partition coefficient (Wildman–Crippen LogP) is 2.09. The number of hydrogen-bond acceptors (Lipinski definition) is 3. The van der Waals surface area contributed by atoms with Crippen LogP contribution in [0.25, 0.3) is 0 Å². The minimum absolute atomic E-state index is 0.00780. The number of aryl methyl sites for hydroxylation is 1. The van der Waals surface area contributed by atoms with Gasteiger partial charge in [0.2, 0.25) is 0 Å². The molecule has 0 saturated carbocycles. The number of nitrogens with one attached hydrogen (secondary N) is 1. The smallest absolute Gasteiger partial charge is 0.255 e. The largest absolute Gasteiger partial charge is 0.507 e. The second-order valence-corrected chi connectivity index (χ2v) is 4.72. The maximum atomic E-state index is 12.0. The van der Waals surface area contributed by atoms with Crippen LogP contribution in [0.3, 0.4) is 0 Å². The number of carbonyl (C=O) groups excluding carboxylic acids is 1. The van der Waals surface area contributed by atoms with Gasteiger partial charge in [0.15, 0.2) is 0 Å². The van der Waals surface area contributed by atoms with Crippen molar-refractivity contribution in [1.82, 2.24) is 5.32 Å². The van der Waals surface area contributed by atoms with Gasteiger partial charge in [0.25, 0.3) is 5.91 Å². The summed E-state index contributed by atoms with van der Waals surface area (Å²) in [5.74, 6) is -0.291. The van der Waals surface area contributed by atoms with E-state index in [1.54, 1.807) is 12.1 Å². The average Bonchev–Trinajstić information content (AvgIpc) is 2.47. The average molecular weight is 270 g/mol. The fraction of sp³-hybridized carbons (Fsp3) is 0.188. The van der Waals surface area contributed by atoms with Crippen LogP contribution in [-0.2, 0) is 13.1 Å². The van der Waals surface area contributed by atoms with Crippen molar-refractivity contribution in [2.75, 3.05) is 0 Å². The van der Waals surface area contributed by atoms with Crippen molar-refractivity contribution >= 4 is 5.91 Å². The van der Waals surface area contributed by atoms with Gasteiger partial charge in [0, 0.05) is 13.1 Å². The Morgan fingerprint density at radius 3 is 2.45 bits per heavy atom. The number of benzene rings is 2. The molecule has 2 aromatic carbocycles. The van der Waals surface area contributed by atoms with Gasteiger partial charge in [-0.3, -0.25) is 4.79 Å². The standard InChI is InChI=1S/C16H18N2O2/c1-11-2-7-15(19)14(8-11)16(20)18-10-13-5-3-12(9-17)4-6-13/h2-8,19H,9-10,17H2,1H3,(H,18,20). The van der Waals surface area contributed by atoms with Crippen molar-refractivity contribution in [1.29, 1.82) is 0 Å². The minimum atomic E-state index is -0.283. The van der Waals surface area contributed by atoms with Crippen molar-refractivity contribution < 1.29 is 9.90 Å². The molecule has 4 N–H and O–H groups in total. The first kappa shape index (κ1) is 14.1. The van der Waals surface area contributed by atoms with Crippen molar-refractivity contribution in [3.8, 4) is 5.75 Å². The number of nitrogens with two attached hydrogens (primary N) is 1. The number of carbonyl (C=O) groups is 1. The Bertz CT molecular complexity index is 606. The molecule has 0 aliphatic carbocycles. The summed E-state index contributed by atoms with van der Waals surface area (Å²) in [6, 6.07) is 12.7. The van der Waals surface area contributed by atoms with Crippen LogP contribution in [0.1, 0.15) is 27.0 Å². The van der Waals surface area contributed by atoms with Crippen LogP contribution in [0.15, 0.2) is 42.5 Å². The van der Waals surface area contributed by atoms with Crippen LogP contribution in [0.5, 0.6) is 5.75 Å². The van der Waals surface area contributed by atoms with Crippen LogP contribution in [-0.4, -0.2) is 11.0 Å². The molecule has 1 amide bonds. The summed E-state index contributed by atoms with van der Waals surface area (Å²) in [5.41, 5.74) is 8.80. The number of phenolic OH excluding ortho intramolecular Hbond substituents is 1. The second kappa shape index (κ2) is 6.21. The normalized spacial score (nSPS) is 10.3. The Labute approximate surface area is 118 Å². The summed E-state index contributed by atoms with van der Waals surface area (Å²) in [4.78, 5) is 12.0. The molecule has 20 heavy (non-hydrogen) atoms. The van der Waals surface area contributed by atoms with Crippen LogP contribution < -0.4 is 11.1 Å². The zero-order valence-corrected chi connectivity index (χ0v) is 11.4. The maximum absolute atomic E-state index is 12.0. The van der Waals surface area contributed by atoms with Gasteiger partial charge < -0.3 is 16.2 Å². The van der Waals surface area contributed by atoms with Gasteiger partial charge in [-0.05, 0) is 30.2 Å². The van der Waals surface area contributed by atoms with E-state index in [-0.39, 0.29) is 11.7 Å². The van der Waals surface area contributed by atoms with E-state index in [1.807, 2.05) is 31.2 Å². The molecular weight excluding hydrogens is 252 g/mol. The van der Waals surface area contributed by atoms with Crippen LogP contribution in [0.4, 0.5) is 0 Å². The molecule has 0 spiro atoms. The molecular formula is C16H18N2O2. The van der Waals surface area contributed by atoms with Crippen LogP contribution >= 0.6 is 0 Å². The van der Waals surface area contributed by atoms with E-state index in [2.05, 4.69) is 5.32 Å². The lowest BCUT2D eigenvalue weighted by Crippen LogP contribution is -2.23. The lowest BCUT2D eigenvalue weighted by atomic mass is 10.1. The van der Waals surface area contributed by atoms with Crippen molar-refractivity contribution in [3.05, 3.63) is 64.7 Å². The molecule has 4 heteroatoms. The summed E-state index contributed by atoms with van der Waals surface area (Å²) in [5, 5.41) is 12.5. The molecule has 0 unspecified atom stereocenters. The van der Waals surface area contributed by atoms with E-state index in [0.29, 0.717) is 18.7 Å². The Kier molecular flexibility index (Phi) is 4.38. The van der Waals surface area contributed by atoms with E-state index < -0.39 is 0 Å². The third-order valence-corrected chi connectivity index (χ3v) is 3.11. The van der Waals surface area contributed by atoms with Gasteiger partial charge in [-0.25, -0.2) is 0 Å². The zero-order chi connectivity index (χ0) is 14.5. The first-order chi connectivity index (χ1) is 9.60. The third-order valence-electron chi connectivity index (χ3n) is 3.11. The van der Waals surface area contributed by atoms with Gasteiger partial charge in [-0.15, -0.1) is 0 Å². The zero-order valence-electron chi connectivity index (χ0n) is 11.4. The van der Waals surface area contributed by atoms with Gasteiger partial charge >= 0.3 is 0 Å². The molecule has 4 nitrogen and oxygen atoms in total. The highest BCUT2D eigenvalue weighted by Gasteiger charge is 2.10. The molecule has 0 fully saturated rings. The topological polar surface area (TPSA) is 75.3 Å². The number of phenols is 1. The third kappa shape index (κ3) is 3.36. The summed E-state index contributed by atoms with van der Waals surface area (Å²) in [6.07, 6.45) is 0. The molecule has 0 heterocycles. The van der Waals surface area contributed by atoms with E-state index in [1.165, 1.54) is 6.07 Å². The molecule has 104 valence electrons. The Morgan fingerprint density at radius 1 is 1.15 bits per heavy atom. The van der Waals surface area contributed by atoms with E-state index >= 15 is 0 Å². The first-order valence-corrected chi connectivity index (χ1v) is 6.46. The highest BCUT2D eigenvalue weighted by atomic mass is 16.3. The predicted molar refractivity (Wildman–Crippen MR) is 78.3 cm³/mol. The van der Waals surface area contributed by atoms with Crippen LogP contribution in [0.2, 0.25) is 0 Å². The van der Waals surface area contributed by atoms with E-state index in [9.17, 15) is 9.90 Å². The Hall–Kier alpha value is -2.33. The summed E-state index contributed by atoms with van der Waals surface area (Å²) in [7, 11) is 0. The monoisotopic (exact) mass is 270 g/mol. The highest BCUT2D eigenvalue weighted by Crippen LogP contribution is 2.18. The molecule has 2 aromatic rings. The highest BCUT2D eigenvalue weighted by molar-refractivity contribution is 5.96. The number of rotatable bonds is 4. The molecule has 0 saturated heterocycles. The Morgan fingerprint density at radius 2 is 1.80 bits per heavy atom. The van der Waals surface area contributed by atoms with Crippen molar-refractivity contribution in [3.63, 3.8) is 0 Å². The van der Waals surface area contributed by atoms with Gasteiger partial charge in [-0.1, -0.05) is 35.9 Å². The van der Waals surface area contributed by atoms with Crippen LogP contribution in [0, 0.1) is 6.92 Å². The fourth-order valence-electron chi connectivity index (χ4n) is 1.90. The number of aromatic hydroxyl groups is 1. The van der Waals surface area contributed by atoms with E-state index in [4.69, 9.17) is 5.73 Å².